The molecule has 150 valence electrons. The molecule has 28 heavy (non-hydrogen) atoms. The molecule has 1 aliphatic rings. The molecule has 5 nitrogen and oxygen atoms in total. The summed E-state index contributed by atoms with van der Waals surface area (Å²) in [6.45, 7) is 3.83. The maximum Gasteiger partial charge on any atom is 0.258 e. The number of carbonyl (C=O) groups excluding carboxylic acids is 1. The quantitative estimate of drug-likeness (QED) is 0.740. The molecule has 0 aromatic heterocycles. The Morgan fingerprint density at radius 1 is 1.07 bits per heavy atom. The van der Waals surface area contributed by atoms with E-state index < -0.39 is 35.0 Å². The minimum Gasteiger partial charge on any atom is -0.388 e. The summed E-state index contributed by atoms with van der Waals surface area (Å²) in [4.78, 5) is 14.3. The van der Waals surface area contributed by atoms with Crippen LogP contribution in [0.5, 0.6) is 0 Å². The van der Waals surface area contributed by atoms with Crippen LogP contribution in [0.4, 0.5) is 18.9 Å². The first-order chi connectivity index (χ1) is 13.5. The monoisotopic (exact) mass is 394 g/mol. The highest BCUT2D eigenvalue weighted by Gasteiger charge is 2.19. The molecule has 2 N–H and O–H groups in total. The number of carbonyl (C=O) groups is 1. The Kier molecular flexibility index (Phi) is 6.66. The standard InChI is InChI=1S/C20H21F3N2O3/c21-16-6-5-15(18(22)19(16)23)20(27)24-14-3-1-13(2-4-14)17(26)7-8-25-9-11-28-12-10-25/h1-6,17,26H,7-12H2,(H,24,27). The molecule has 1 atom stereocenters. The Morgan fingerprint density at radius 3 is 2.43 bits per heavy atom. The van der Waals surface area contributed by atoms with E-state index in [2.05, 4.69) is 10.2 Å². The summed E-state index contributed by atoms with van der Waals surface area (Å²) in [6, 6.07) is 8.00. The maximum absolute atomic E-state index is 13.7. The van der Waals surface area contributed by atoms with Gasteiger partial charge in [-0.2, -0.15) is 0 Å². The van der Waals surface area contributed by atoms with Crippen molar-refractivity contribution in [3.05, 3.63) is 65.0 Å². The van der Waals surface area contributed by atoms with Crippen molar-refractivity contribution in [3.8, 4) is 0 Å². The first-order valence-electron chi connectivity index (χ1n) is 8.98. The number of ether oxygens (including phenoxy) is 1. The van der Waals surface area contributed by atoms with Crippen LogP contribution in [0.1, 0.15) is 28.4 Å². The molecule has 1 fully saturated rings. The number of amides is 1. The lowest BCUT2D eigenvalue weighted by Crippen LogP contribution is -2.37. The van der Waals surface area contributed by atoms with E-state index in [0.717, 1.165) is 25.7 Å². The third kappa shape index (κ3) is 4.89. The van der Waals surface area contributed by atoms with Crippen LogP contribution in [0.25, 0.3) is 0 Å². The SMILES string of the molecule is O=C(Nc1ccc(C(O)CCN2CCOCC2)cc1)c1ccc(F)c(F)c1F. The Balaban J connectivity index is 1.58. The van der Waals surface area contributed by atoms with E-state index in [1.54, 1.807) is 24.3 Å². The average Bonchev–Trinajstić information content (AvgIpc) is 2.71. The van der Waals surface area contributed by atoms with Gasteiger partial charge in [-0.25, -0.2) is 13.2 Å². The number of nitrogens with one attached hydrogen (secondary N) is 1. The highest BCUT2D eigenvalue weighted by Crippen LogP contribution is 2.21. The van der Waals surface area contributed by atoms with E-state index >= 15 is 0 Å². The van der Waals surface area contributed by atoms with Crippen LogP contribution in [-0.2, 0) is 4.74 Å². The van der Waals surface area contributed by atoms with Crippen LogP contribution in [0.3, 0.4) is 0 Å². The second-order valence-electron chi connectivity index (χ2n) is 6.56. The molecule has 3 rings (SSSR count). The lowest BCUT2D eigenvalue weighted by atomic mass is 10.1. The highest BCUT2D eigenvalue weighted by molar-refractivity contribution is 6.04. The Labute approximate surface area is 160 Å². The Hall–Kier alpha value is -2.42. The second kappa shape index (κ2) is 9.18. The molecule has 0 saturated carbocycles. The number of hydrogen-bond donors (Lipinski definition) is 2. The molecule has 1 unspecified atom stereocenters. The van der Waals surface area contributed by atoms with Crippen LogP contribution in [0, 0.1) is 17.5 Å². The zero-order valence-corrected chi connectivity index (χ0v) is 15.1. The minimum absolute atomic E-state index is 0.346. The first-order valence-corrected chi connectivity index (χ1v) is 8.98. The minimum atomic E-state index is -1.69. The molecule has 2 aromatic rings. The van der Waals surface area contributed by atoms with Crippen LogP contribution >= 0.6 is 0 Å². The van der Waals surface area contributed by atoms with Crippen LogP contribution in [-0.4, -0.2) is 48.8 Å². The predicted octanol–water partition coefficient (Wildman–Crippen LogP) is 3.11. The van der Waals surface area contributed by atoms with Gasteiger partial charge in [0.15, 0.2) is 17.5 Å². The van der Waals surface area contributed by atoms with E-state index in [4.69, 9.17) is 4.74 Å². The van der Waals surface area contributed by atoms with Gasteiger partial charge in [-0.15, -0.1) is 0 Å². The molecule has 1 aliphatic heterocycles. The van der Waals surface area contributed by atoms with Gasteiger partial charge in [0.1, 0.15) is 0 Å². The number of hydrogen-bond acceptors (Lipinski definition) is 4. The zero-order valence-electron chi connectivity index (χ0n) is 15.1. The number of benzene rings is 2. The number of anilines is 1. The van der Waals surface area contributed by atoms with Crippen LogP contribution < -0.4 is 5.32 Å². The van der Waals surface area contributed by atoms with Crippen molar-refractivity contribution in [3.63, 3.8) is 0 Å². The number of rotatable bonds is 6. The lowest BCUT2D eigenvalue weighted by molar-refractivity contribution is 0.0300. The van der Waals surface area contributed by atoms with Gasteiger partial charge in [-0.3, -0.25) is 9.69 Å². The highest BCUT2D eigenvalue weighted by atomic mass is 19.2. The van der Waals surface area contributed by atoms with Crippen molar-refractivity contribution in [2.75, 3.05) is 38.2 Å². The largest absolute Gasteiger partial charge is 0.388 e. The van der Waals surface area contributed by atoms with Crippen molar-refractivity contribution in [2.24, 2.45) is 0 Å². The van der Waals surface area contributed by atoms with Gasteiger partial charge in [0.25, 0.3) is 5.91 Å². The number of aliphatic hydroxyl groups is 1. The molecular weight excluding hydrogens is 373 g/mol. The topological polar surface area (TPSA) is 61.8 Å². The second-order valence-corrected chi connectivity index (χ2v) is 6.56. The van der Waals surface area contributed by atoms with Crippen LogP contribution in [0.2, 0.25) is 0 Å². The van der Waals surface area contributed by atoms with Gasteiger partial charge in [-0.05, 0) is 36.2 Å². The summed E-state index contributed by atoms with van der Waals surface area (Å²) in [5.74, 6) is -5.47. The molecule has 0 aliphatic carbocycles. The van der Waals surface area contributed by atoms with E-state index in [1.165, 1.54) is 0 Å². The molecule has 1 amide bonds. The summed E-state index contributed by atoms with van der Waals surface area (Å²) in [7, 11) is 0. The van der Waals surface area contributed by atoms with Crippen molar-refractivity contribution in [1.29, 1.82) is 0 Å². The van der Waals surface area contributed by atoms with Gasteiger partial charge in [0, 0.05) is 25.3 Å². The van der Waals surface area contributed by atoms with E-state index in [1.807, 2.05) is 0 Å². The first kappa shape index (κ1) is 20.3. The molecule has 0 radical (unpaired) electrons. The van der Waals surface area contributed by atoms with Gasteiger partial charge in [-0.1, -0.05) is 12.1 Å². The van der Waals surface area contributed by atoms with E-state index in [0.29, 0.717) is 37.0 Å². The Bertz CT molecular complexity index is 824. The molecule has 1 saturated heterocycles. The third-order valence-corrected chi connectivity index (χ3v) is 4.66. The molecule has 8 heteroatoms. The maximum atomic E-state index is 13.7. The predicted molar refractivity (Wildman–Crippen MR) is 97.5 cm³/mol. The summed E-state index contributed by atoms with van der Waals surface area (Å²) in [5, 5.41) is 12.7. The number of aliphatic hydroxyl groups excluding tert-OH is 1. The number of morpholine rings is 1. The fraction of sp³-hybridized carbons (Fsp3) is 0.350. The van der Waals surface area contributed by atoms with Crippen LogP contribution in [0.15, 0.2) is 36.4 Å². The number of halogens is 3. The fourth-order valence-corrected chi connectivity index (χ4v) is 2.98. The average molecular weight is 394 g/mol. The van der Waals surface area contributed by atoms with Crippen molar-refractivity contribution in [1.82, 2.24) is 4.90 Å². The molecule has 0 spiro atoms. The smallest absolute Gasteiger partial charge is 0.258 e. The van der Waals surface area contributed by atoms with Crippen molar-refractivity contribution < 1.29 is 27.8 Å². The van der Waals surface area contributed by atoms with Gasteiger partial charge < -0.3 is 15.2 Å². The normalized spacial score (nSPS) is 16.0. The zero-order chi connectivity index (χ0) is 20.1. The number of nitrogens with zero attached hydrogens (tertiary/aromatic N) is 1. The molecule has 1 heterocycles. The molecular formula is C20H21F3N2O3. The summed E-state index contributed by atoms with van der Waals surface area (Å²) in [5.41, 5.74) is 0.442. The molecule has 2 aromatic carbocycles. The summed E-state index contributed by atoms with van der Waals surface area (Å²) < 4.78 is 45.2. The fourth-order valence-electron chi connectivity index (χ4n) is 2.98. The van der Waals surface area contributed by atoms with E-state index in [-0.39, 0.29) is 0 Å². The third-order valence-electron chi connectivity index (χ3n) is 4.66. The summed E-state index contributed by atoms with van der Waals surface area (Å²) >= 11 is 0. The molecule has 0 bridgehead atoms. The summed E-state index contributed by atoms with van der Waals surface area (Å²) in [6.07, 6.45) is -0.0950. The van der Waals surface area contributed by atoms with E-state index in [9.17, 15) is 23.1 Å². The lowest BCUT2D eigenvalue weighted by Gasteiger charge is -2.27. The van der Waals surface area contributed by atoms with Gasteiger partial charge >= 0.3 is 0 Å². The van der Waals surface area contributed by atoms with Crippen molar-refractivity contribution in [2.45, 2.75) is 12.5 Å². The van der Waals surface area contributed by atoms with Gasteiger partial charge in [0.2, 0.25) is 0 Å². The Morgan fingerprint density at radius 2 is 1.75 bits per heavy atom. The van der Waals surface area contributed by atoms with Gasteiger partial charge in [0.05, 0.1) is 24.9 Å². The van der Waals surface area contributed by atoms with Crippen molar-refractivity contribution >= 4 is 11.6 Å².